The third-order valence-corrected chi connectivity index (χ3v) is 3.27. The maximum atomic E-state index is 5.65. The van der Waals surface area contributed by atoms with E-state index in [9.17, 15) is 0 Å². The SMILES string of the molecule is CCNCc1cc(OCc2nnn(C)n2)ccc1Br. The van der Waals surface area contributed by atoms with Gasteiger partial charge in [0.05, 0.1) is 7.05 Å². The molecule has 0 amide bonds. The molecule has 0 aliphatic heterocycles. The normalized spacial score (nSPS) is 10.7. The van der Waals surface area contributed by atoms with Crippen LogP contribution >= 0.6 is 15.9 Å². The number of tetrazole rings is 1. The summed E-state index contributed by atoms with van der Waals surface area (Å²) in [6, 6.07) is 5.89. The van der Waals surface area contributed by atoms with Crippen LogP contribution in [0.15, 0.2) is 22.7 Å². The summed E-state index contributed by atoms with van der Waals surface area (Å²) in [5.41, 5.74) is 1.16. The molecule has 7 heteroatoms. The lowest BCUT2D eigenvalue weighted by Crippen LogP contribution is -2.12. The lowest BCUT2D eigenvalue weighted by molar-refractivity contribution is 0.295. The van der Waals surface area contributed by atoms with E-state index in [2.05, 4.69) is 43.6 Å². The number of halogens is 1. The minimum atomic E-state index is 0.316. The Kier molecular flexibility index (Phi) is 4.86. The van der Waals surface area contributed by atoms with E-state index in [0.717, 1.165) is 28.9 Å². The van der Waals surface area contributed by atoms with Gasteiger partial charge in [-0.25, -0.2) is 0 Å². The van der Waals surface area contributed by atoms with Gasteiger partial charge in [-0.05, 0) is 35.5 Å². The second-order valence-electron chi connectivity index (χ2n) is 4.02. The van der Waals surface area contributed by atoms with Crippen molar-refractivity contribution in [1.82, 2.24) is 25.5 Å². The standard InChI is InChI=1S/C12H16BrN5O/c1-3-14-7-9-6-10(4-5-11(9)13)19-8-12-15-17-18(2)16-12/h4-6,14H,3,7-8H2,1-2H3. The quantitative estimate of drug-likeness (QED) is 0.875. The summed E-state index contributed by atoms with van der Waals surface area (Å²) in [7, 11) is 1.73. The fourth-order valence-corrected chi connectivity index (χ4v) is 1.95. The zero-order valence-electron chi connectivity index (χ0n) is 10.9. The zero-order valence-corrected chi connectivity index (χ0v) is 12.5. The molecule has 0 saturated carbocycles. The summed E-state index contributed by atoms with van der Waals surface area (Å²) in [4.78, 5) is 1.41. The average Bonchev–Trinajstić information content (AvgIpc) is 2.82. The van der Waals surface area contributed by atoms with E-state index in [1.165, 1.54) is 4.80 Å². The largest absolute Gasteiger partial charge is 0.485 e. The molecule has 1 aromatic carbocycles. The minimum absolute atomic E-state index is 0.316. The predicted octanol–water partition coefficient (Wildman–Crippen LogP) is 1.66. The molecule has 0 atom stereocenters. The van der Waals surface area contributed by atoms with Gasteiger partial charge in [-0.3, -0.25) is 0 Å². The molecule has 0 fully saturated rings. The second-order valence-corrected chi connectivity index (χ2v) is 4.87. The highest BCUT2D eigenvalue weighted by atomic mass is 79.9. The molecule has 2 aromatic rings. The summed E-state index contributed by atoms with van der Waals surface area (Å²) in [6.45, 7) is 4.13. The van der Waals surface area contributed by atoms with Gasteiger partial charge in [0.2, 0.25) is 5.82 Å². The third-order valence-electron chi connectivity index (χ3n) is 2.50. The van der Waals surface area contributed by atoms with Crippen molar-refractivity contribution in [1.29, 1.82) is 0 Å². The Morgan fingerprint density at radius 1 is 1.42 bits per heavy atom. The molecule has 0 aliphatic carbocycles. The lowest BCUT2D eigenvalue weighted by Gasteiger charge is -2.09. The molecular formula is C12H16BrN5O. The van der Waals surface area contributed by atoms with E-state index >= 15 is 0 Å². The number of hydrogen-bond donors (Lipinski definition) is 1. The van der Waals surface area contributed by atoms with Gasteiger partial charge >= 0.3 is 0 Å². The number of rotatable bonds is 6. The van der Waals surface area contributed by atoms with Crippen molar-refractivity contribution in [3.8, 4) is 5.75 Å². The van der Waals surface area contributed by atoms with Crippen LogP contribution < -0.4 is 10.1 Å². The van der Waals surface area contributed by atoms with E-state index in [0.29, 0.717) is 12.4 Å². The number of benzene rings is 1. The van der Waals surface area contributed by atoms with Crippen molar-refractivity contribution in [2.45, 2.75) is 20.1 Å². The third kappa shape index (κ3) is 4.00. The first-order chi connectivity index (χ1) is 9.19. The Morgan fingerprint density at radius 3 is 2.95 bits per heavy atom. The van der Waals surface area contributed by atoms with Crippen LogP contribution in [0.4, 0.5) is 0 Å². The molecule has 0 unspecified atom stereocenters. The molecular weight excluding hydrogens is 310 g/mol. The monoisotopic (exact) mass is 325 g/mol. The van der Waals surface area contributed by atoms with Gasteiger partial charge < -0.3 is 10.1 Å². The Balaban J connectivity index is 2.00. The number of aromatic nitrogens is 4. The fourth-order valence-electron chi connectivity index (χ4n) is 1.57. The maximum Gasteiger partial charge on any atom is 0.212 e. The van der Waals surface area contributed by atoms with Crippen molar-refractivity contribution in [3.63, 3.8) is 0 Å². The van der Waals surface area contributed by atoms with E-state index in [-0.39, 0.29) is 0 Å². The predicted molar refractivity (Wildman–Crippen MR) is 74.7 cm³/mol. The minimum Gasteiger partial charge on any atom is -0.485 e. The number of hydrogen-bond acceptors (Lipinski definition) is 5. The molecule has 19 heavy (non-hydrogen) atoms. The van der Waals surface area contributed by atoms with E-state index in [1.807, 2.05) is 18.2 Å². The molecule has 2 rings (SSSR count). The Hall–Kier alpha value is -1.47. The summed E-state index contributed by atoms with van der Waals surface area (Å²) in [5.74, 6) is 1.36. The highest BCUT2D eigenvalue weighted by Crippen LogP contribution is 2.23. The number of nitrogens with one attached hydrogen (secondary N) is 1. The molecule has 0 saturated heterocycles. The van der Waals surface area contributed by atoms with Crippen molar-refractivity contribution in [3.05, 3.63) is 34.1 Å². The van der Waals surface area contributed by atoms with Gasteiger partial charge in [-0.15, -0.1) is 10.2 Å². The van der Waals surface area contributed by atoms with Crippen molar-refractivity contribution < 1.29 is 4.74 Å². The van der Waals surface area contributed by atoms with Crippen molar-refractivity contribution in [2.24, 2.45) is 7.05 Å². The van der Waals surface area contributed by atoms with Gasteiger partial charge in [0, 0.05) is 11.0 Å². The maximum absolute atomic E-state index is 5.65. The highest BCUT2D eigenvalue weighted by molar-refractivity contribution is 9.10. The van der Waals surface area contributed by atoms with Crippen molar-refractivity contribution in [2.75, 3.05) is 6.54 Å². The van der Waals surface area contributed by atoms with Gasteiger partial charge in [-0.1, -0.05) is 22.9 Å². The Bertz CT molecular complexity index is 543. The summed E-state index contributed by atoms with van der Waals surface area (Å²) in [6.07, 6.45) is 0. The van der Waals surface area contributed by atoms with Crippen LogP contribution in [0.2, 0.25) is 0 Å². The summed E-state index contributed by atoms with van der Waals surface area (Å²) >= 11 is 3.53. The Morgan fingerprint density at radius 2 is 2.26 bits per heavy atom. The molecule has 6 nitrogen and oxygen atoms in total. The van der Waals surface area contributed by atoms with Crippen LogP contribution in [-0.2, 0) is 20.2 Å². The zero-order chi connectivity index (χ0) is 13.7. The molecule has 0 bridgehead atoms. The average molecular weight is 326 g/mol. The topological polar surface area (TPSA) is 64.9 Å². The van der Waals surface area contributed by atoms with Gasteiger partial charge in [0.15, 0.2) is 6.61 Å². The van der Waals surface area contributed by atoms with E-state index in [4.69, 9.17) is 4.74 Å². The summed E-state index contributed by atoms with van der Waals surface area (Å²) in [5, 5.41) is 15.0. The smallest absolute Gasteiger partial charge is 0.212 e. The Labute approximate surface area is 120 Å². The number of ether oxygens (including phenoxy) is 1. The number of aryl methyl sites for hydroxylation is 1. The summed E-state index contributed by atoms with van der Waals surface area (Å²) < 4.78 is 6.72. The molecule has 1 N–H and O–H groups in total. The van der Waals surface area contributed by atoms with Crippen LogP contribution in [0.1, 0.15) is 18.3 Å². The van der Waals surface area contributed by atoms with Gasteiger partial charge in [0.1, 0.15) is 5.75 Å². The van der Waals surface area contributed by atoms with Crippen LogP contribution in [0.25, 0.3) is 0 Å². The molecule has 1 aromatic heterocycles. The lowest BCUT2D eigenvalue weighted by atomic mass is 10.2. The van der Waals surface area contributed by atoms with E-state index in [1.54, 1.807) is 7.05 Å². The fraction of sp³-hybridized carbons (Fsp3) is 0.417. The first-order valence-electron chi connectivity index (χ1n) is 6.04. The van der Waals surface area contributed by atoms with Gasteiger partial charge in [0.25, 0.3) is 0 Å². The second kappa shape index (κ2) is 6.63. The highest BCUT2D eigenvalue weighted by Gasteiger charge is 2.05. The van der Waals surface area contributed by atoms with Crippen LogP contribution in [-0.4, -0.2) is 26.8 Å². The first kappa shape index (κ1) is 14.0. The van der Waals surface area contributed by atoms with Crippen LogP contribution in [0.5, 0.6) is 5.75 Å². The van der Waals surface area contributed by atoms with Crippen LogP contribution in [0.3, 0.4) is 0 Å². The molecule has 0 aliphatic rings. The molecule has 1 heterocycles. The first-order valence-corrected chi connectivity index (χ1v) is 6.83. The van der Waals surface area contributed by atoms with Crippen LogP contribution in [0, 0.1) is 0 Å². The van der Waals surface area contributed by atoms with Crippen molar-refractivity contribution >= 4 is 15.9 Å². The van der Waals surface area contributed by atoms with Gasteiger partial charge in [-0.2, -0.15) is 4.80 Å². The molecule has 0 spiro atoms. The molecule has 0 radical (unpaired) electrons. The number of nitrogens with zero attached hydrogens (tertiary/aromatic N) is 4. The molecule has 102 valence electrons. The van der Waals surface area contributed by atoms with E-state index < -0.39 is 0 Å².